The van der Waals surface area contributed by atoms with Crippen LogP contribution < -0.4 is 0 Å². The molecule has 0 bridgehead atoms. The number of carboxylic acid groups (broad SMARTS) is 1. The molecule has 1 fully saturated rings. The largest absolute Gasteiger partial charge is 0.481 e. The van der Waals surface area contributed by atoms with Crippen LogP contribution >= 0.6 is 0 Å². The highest BCUT2D eigenvalue weighted by Gasteiger charge is 2.54. The second-order valence-electron chi connectivity index (χ2n) is 8.66. The molecule has 0 unspecified atom stereocenters. The van der Waals surface area contributed by atoms with E-state index in [2.05, 4.69) is 27.7 Å². The van der Waals surface area contributed by atoms with E-state index in [0.29, 0.717) is 18.3 Å². The molecule has 2 rings (SSSR count). The maximum absolute atomic E-state index is 12.2. The van der Waals surface area contributed by atoms with Gasteiger partial charge in [0.25, 0.3) is 0 Å². The Balaban J connectivity index is 2.22. The highest BCUT2D eigenvalue weighted by molar-refractivity contribution is 5.92. The van der Waals surface area contributed by atoms with Crippen molar-refractivity contribution >= 4 is 11.8 Å². The Bertz CT molecular complexity index is 521. The first kappa shape index (κ1) is 18.2. The highest BCUT2D eigenvalue weighted by Crippen LogP contribution is 2.61. The monoisotopic (exact) mass is 320 g/mol. The molecule has 0 aliphatic heterocycles. The lowest BCUT2D eigenvalue weighted by atomic mass is 9.46. The average Bonchev–Trinajstić information content (AvgIpc) is 2.44. The van der Waals surface area contributed by atoms with E-state index in [1.54, 1.807) is 0 Å². The summed E-state index contributed by atoms with van der Waals surface area (Å²) in [6, 6.07) is 0. The van der Waals surface area contributed by atoms with Crippen LogP contribution in [0, 0.1) is 28.6 Å². The third-order valence-corrected chi connectivity index (χ3v) is 7.17. The predicted molar refractivity (Wildman–Crippen MR) is 92.1 cm³/mol. The van der Waals surface area contributed by atoms with Crippen LogP contribution in [0.3, 0.4) is 0 Å². The smallest absolute Gasteiger partial charge is 0.303 e. The molecule has 23 heavy (non-hydrogen) atoms. The van der Waals surface area contributed by atoms with Crippen molar-refractivity contribution < 1.29 is 14.7 Å². The van der Waals surface area contributed by atoms with E-state index >= 15 is 0 Å². The summed E-state index contributed by atoms with van der Waals surface area (Å²) in [5.41, 5.74) is 1.49. The number of allylic oxidation sites excluding steroid dienone is 2. The van der Waals surface area contributed by atoms with Gasteiger partial charge in [0.15, 0.2) is 5.78 Å². The molecule has 0 heterocycles. The lowest BCUT2D eigenvalue weighted by molar-refractivity contribution is -0.138. The van der Waals surface area contributed by atoms with Gasteiger partial charge in [0.2, 0.25) is 0 Å². The van der Waals surface area contributed by atoms with E-state index < -0.39 is 5.97 Å². The summed E-state index contributed by atoms with van der Waals surface area (Å²) in [5.74, 6) is 0.713. The van der Waals surface area contributed by atoms with Gasteiger partial charge in [0.1, 0.15) is 0 Å². The molecule has 1 saturated carbocycles. The fourth-order valence-corrected chi connectivity index (χ4v) is 5.07. The quantitative estimate of drug-likeness (QED) is 0.787. The number of hydrogen-bond donors (Lipinski definition) is 1. The van der Waals surface area contributed by atoms with E-state index in [1.165, 1.54) is 12.0 Å². The Morgan fingerprint density at radius 1 is 1.43 bits per heavy atom. The minimum Gasteiger partial charge on any atom is -0.481 e. The third-order valence-electron chi connectivity index (χ3n) is 7.17. The van der Waals surface area contributed by atoms with Crippen LogP contribution in [0.2, 0.25) is 0 Å². The number of carbonyl (C=O) groups excluding carboxylic acids is 1. The van der Waals surface area contributed by atoms with Crippen molar-refractivity contribution in [2.45, 2.75) is 73.1 Å². The van der Waals surface area contributed by atoms with Gasteiger partial charge in [-0.1, -0.05) is 33.3 Å². The highest BCUT2D eigenvalue weighted by atomic mass is 16.4. The van der Waals surface area contributed by atoms with Crippen molar-refractivity contribution in [3.05, 3.63) is 11.6 Å². The van der Waals surface area contributed by atoms with Gasteiger partial charge in [0.05, 0.1) is 0 Å². The van der Waals surface area contributed by atoms with Crippen LogP contribution in [0.5, 0.6) is 0 Å². The van der Waals surface area contributed by atoms with Crippen molar-refractivity contribution in [1.82, 2.24) is 0 Å². The summed E-state index contributed by atoms with van der Waals surface area (Å²) in [5, 5.41) is 8.98. The van der Waals surface area contributed by atoms with Crippen molar-refractivity contribution in [2.75, 3.05) is 0 Å². The summed E-state index contributed by atoms with van der Waals surface area (Å²) >= 11 is 0. The molecule has 0 amide bonds. The molecule has 5 atom stereocenters. The Labute approximate surface area is 140 Å². The average molecular weight is 320 g/mol. The van der Waals surface area contributed by atoms with Crippen molar-refractivity contribution in [3.63, 3.8) is 0 Å². The fraction of sp³-hybridized carbons (Fsp3) is 0.800. The maximum Gasteiger partial charge on any atom is 0.303 e. The summed E-state index contributed by atoms with van der Waals surface area (Å²) in [6.07, 6.45) is 7.05. The van der Waals surface area contributed by atoms with Crippen molar-refractivity contribution in [3.8, 4) is 0 Å². The first-order chi connectivity index (χ1) is 10.6. The summed E-state index contributed by atoms with van der Waals surface area (Å²) in [6.45, 7) is 11.1. The molecule has 3 heteroatoms. The lowest BCUT2D eigenvalue weighted by Gasteiger charge is -2.57. The second kappa shape index (κ2) is 6.41. The van der Waals surface area contributed by atoms with Gasteiger partial charge in [0, 0.05) is 12.8 Å². The number of fused-ring (bicyclic) bond motifs is 1. The van der Waals surface area contributed by atoms with E-state index in [9.17, 15) is 9.59 Å². The normalized spacial score (nSPS) is 38.7. The third kappa shape index (κ3) is 3.39. The molecule has 2 aliphatic rings. The zero-order valence-electron chi connectivity index (χ0n) is 15.3. The summed E-state index contributed by atoms with van der Waals surface area (Å²) < 4.78 is 0. The first-order valence-electron chi connectivity index (χ1n) is 9.03. The van der Waals surface area contributed by atoms with Gasteiger partial charge in [-0.3, -0.25) is 9.59 Å². The number of rotatable bonds is 5. The Morgan fingerprint density at radius 2 is 2.09 bits per heavy atom. The molecule has 0 aromatic rings. The summed E-state index contributed by atoms with van der Waals surface area (Å²) in [7, 11) is 0. The molecule has 1 N–H and O–H groups in total. The van der Waals surface area contributed by atoms with Crippen LogP contribution in [0.15, 0.2) is 11.6 Å². The topological polar surface area (TPSA) is 54.4 Å². The minimum absolute atomic E-state index is 0.116. The van der Waals surface area contributed by atoms with Gasteiger partial charge in [-0.2, -0.15) is 0 Å². The maximum atomic E-state index is 12.2. The zero-order chi connectivity index (χ0) is 17.4. The van der Waals surface area contributed by atoms with E-state index in [1.807, 2.05) is 13.0 Å². The molecule has 3 nitrogen and oxygen atoms in total. The first-order valence-corrected chi connectivity index (χ1v) is 9.03. The SMILES string of the molecule is CC1=CC(=O)C[C@@H]2[C@@](C)(CC[C@@H](C)CC(=O)O)[C@@H](C)CC[C@]12C. The fourth-order valence-electron chi connectivity index (χ4n) is 5.07. The van der Waals surface area contributed by atoms with Crippen molar-refractivity contribution in [1.29, 1.82) is 0 Å². The molecule has 130 valence electrons. The standard InChI is InChI=1S/C20H32O3/c1-13(10-18(22)23)6-8-19(4)14(2)7-9-20(5)15(3)11-16(21)12-17(19)20/h11,13-14,17H,6-10,12H2,1-5H3,(H,22,23)/t13-,14+,17-,19+,20-/m1/s1. The van der Waals surface area contributed by atoms with Gasteiger partial charge >= 0.3 is 5.97 Å². The number of hydrogen-bond acceptors (Lipinski definition) is 2. The lowest BCUT2D eigenvalue weighted by Crippen LogP contribution is -2.51. The molecule has 0 saturated heterocycles. The Kier molecular flexibility index (Phi) is 5.08. The molecule has 0 aromatic carbocycles. The predicted octanol–water partition coefficient (Wildman–Crippen LogP) is 4.86. The van der Waals surface area contributed by atoms with Gasteiger partial charge in [-0.15, -0.1) is 0 Å². The van der Waals surface area contributed by atoms with Crippen LogP contribution in [0.4, 0.5) is 0 Å². The molecule has 2 aliphatic carbocycles. The number of carbonyl (C=O) groups is 2. The minimum atomic E-state index is -0.712. The molecule has 0 spiro atoms. The van der Waals surface area contributed by atoms with Crippen LogP contribution in [0.1, 0.15) is 73.1 Å². The number of ketones is 1. The van der Waals surface area contributed by atoms with Gasteiger partial charge in [-0.05, 0) is 67.3 Å². The van der Waals surface area contributed by atoms with Crippen LogP contribution in [-0.2, 0) is 9.59 Å². The Morgan fingerprint density at radius 3 is 2.70 bits per heavy atom. The van der Waals surface area contributed by atoms with Crippen LogP contribution in [0.25, 0.3) is 0 Å². The molecular weight excluding hydrogens is 288 g/mol. The van der Waals surface area contributed by atoms with Gasteiger partial charge in [-0.25, -0.2) is 0 Å². The number of carboxylic acids is 1. The van der Waals surface area contributed by atoms with E-state index in [-0.39, 0.29) is 29.0 Å². The Hall–Kier alpha value is -1.12. The van der Waals surface area contributed by atoms with E-state index in [0.717, 1.165) is 19.3 Å². The second-order valence-corrected chi connectivity index (χ2v) is 8.66. The van der Waals surface area contributed by atoms with Crippen LogP contribution in [-0.4, -0.2) is 16.9 Å². The van der Waals surface area contributed by atoms with Crippen molar-refractivity contribution in [2.24, 2.45) is 28.6 Å². The molecule has 0 aromatic heterocycles. The zero-order valence-corrected chi connectivity index (χ0v) is 15.3. The van der Waals surface area contributed by atoms with Gasteiger partial charge < -0.3 is 5.11 Å². The molecule has 0 radical (unpaired) electrons. The number of aliphatic carboxylic acids is 1. The summed E-state index contributed by atoms with van der Waals surface area (Å²) in [4.78, 5) is 23.1. The van der Waals surface area contributed by atoms with E-state index in [4.69, 9.17) is 5.11 Å². The molecular formula is C20H32O3.